The lowest BCUT2D eigenvalue weighted by atomic mass is 10.0. The second-order valence-corrected chi connectivity index (χ2v) is 7.56. The van der Waals surface area contributed by atoms with E-state index in [2.05, 4.69) is 17.2 Å². The summed E-state index contributed by atoms with van der Waals surface area (Å²) in [4.78, 5) is 28.9. The molecule has 0 aliphatic heterocycles. The van der Waals surface area contributed by atoms with Gasteiger partial charge >= 0.3 is 5.97 Å². The van der Waals surface area contributed by atoms with Gasteiger partial charge in [-0.3, -0.25) is 9.59 Å². The molecule has 29 heavy (non-hydrogen) atoms. The summed E-state index contributed by atoms with van der Waals surface area (Å²) < 4.78 is 10.8. The van der Waals surface area contributed by atoms with Crippen LogP contribution in [0.1, 0.15) is 38.3 Å². The van der Waals surface area contributed by atoms with E-state index in [1.165, 1.54) is 0 Å². The van der Waals surface area contributed by atoms with Crippen LogP contribution in [-0.4, -0.2) is 28.7 Å². The van der Waals surface area contributed by atoms with Gasteiger partial charge in [0.05, 0.1) is 6.04 Å². The van der Waals surface area contributed by atoms with Crippen molar-refractivity contribution in [3.8, 4) is 0 Å². The van der Waals surface area contributed by atoms with Crippen LogP contribution in [0.3, 0.4) is 0 Å². The lowest BCUT2D eigenvalue weighted by Crippen LogP contribution is -2.38. The fraction of sp³-hybridized carbons (Fsp3) is 0.318. The Morgan fingerprint density at radius 2 is 1.86 bits per heavy atom. The number of thioether (sulfide) groups is 1. The van der Waals surface area contributed by atoms with Gasteiger partial charge in [-0.1, -0.05) is 67.6 Å². The zero-order valence-corrected chi connectivity index (χ0v) is 17.3. The Balaban J connectivity index is 1.50. The van der Waals surface area contributed by atoms with Crippen LogP contribution in [-0.2, 0) is 14.3 Å². The quantitative estimate of drug-likeness (QED) is 0.411. The Morgan fingerprint density at radius 3 is 2.59 bits per heavy atom. The molecule has 6 nitrogen and oxygen atoms in total. The standard InChI is InChI=1S/C22H24N2O4S/c1-3-9-17(16-10-5-4-6-11-16)23-21(26)15(2)27-20(25)14-29-22-24-18-12-7-8-13-19(18)28-22/h4-8,10-13,15,17H,3,9,14H2,1-2H3,(H,23,26)/t15-,17+/m0/s1. The molecule has 0 aliphatic carbocycles. The van der Waals surface area contributed by atoms with Gasteiger partial charge in [0.25, 0.3) is 11.1 Å². The van der Waals surface area contributed by atoms with Gasteiger partial charge in [0.1, 0.15) is 11.3 Å². The number of fused-ring (bicyclic) bond motifs is 1. The van der Waals surface area contributed by atoms with Crippen LogP contribution < -0.4 is 5.32 Å². The number of hydrogen-bond acceptors (Lipinski definition) is 6. The number of oxazole rings is 1. The highest BCUT2D eigenvalue weighted by molar-refractivity contribution is 7.99. The fourth-order valence-electron chi connectivity index (χ4n) is 2.90. The number of ether oxygens (including phenoxy) is 1. The molecular weight excluding hydrogens is 388 g/mol. The predicted octanol–water partition coefficient (Wildman–Crippen LogP) is 4.51. The van der Waals surface area contributed by atoms with E-state index in [0.717, 1.165) is 35.7 Å². The Bertz CT molecular complexity index is 925. The summed E-state index contributed by atoms with van der Waals surface area (Å²) >= 11 is 1.14. The van der Waals surface area contributed by atoms with Gasteiger partial charge in [0.2, 0.25) is 0 Å². The number of carbonyl (C=O) groups is 2. The van der Waals surface area contributed by atoms with E-state index in [4.69, 9.17) is 9.15 Å². The van der Waals surface area contributed by atoms with Crippen molar-refractivity contribution in [2.45, 2.75) is 44.1 Å². The van der Waals surface area contributed by atoms with E-state index in [1.54, 1.807) is 6.92 Å². The molecule has 2 aromatic carbocycles. The van der Waals surface area contributed by atoms with Crippen molar-refractivity contribution >= 4 is 34.7 Å². The molecule has 1 heterocycles. The van der Waals surface area contributed by atoms with Crippen molar-refractivity contribution in [3.05, 3.63) is 60.2 Å². The largest absolute Gasteiger partial charge is 0.452 e. The molecule has 0 bridgehead atoms. The third-order valence-corrected chi connectivity index (χ3v) is 5.16. The molecule has 0 saturated heterocycles. The normalized spacial score (nSPS) is 13.0. The molecule has 7 heteroatoms. The van der Waals surface area contributed by atoms with E-state index in [1.807, 2.05) is 54.6 Å². The third kappa shape index (κ3) is 5.84. The SMILES string of the molecule is CCC[C@@H](NC(=O)[C@H](C)OC(=O)CSc1nc2ccccc2o1)c1ccccc1. The van der Waals surface area contributed by atoms with Crippen molar-refractivity contribution < 1.29 is 18.7 Å². The van der Waals surface area contributed by atoms with Crippen LogP contribution in [0, 0.1) is 0 Å². The second-order valence-electron chi connectivity index (χ2n) is 6.63. The van der Waals surface area contributed by atoms with Crippen molar-refractivity contribution in [1.82, 2.24) is 10.3 Å². The van der Waals surface area contributed by atoms with E-state index in [0.29, 0.717) is 10.8 Å². The number of benzene rings is 2. The zero-order valence-electron chi connectivity index (χ0n) is 16.5. The first-order chi connectivity index (χ1) is 14.1. The maximum Gasteiger partial charge on any atom is 0.317 e. The molecule has 0 fully saturated rings. The van der Waals surface area contributed by atoms with Gasteiger partial charge in [0, 0.05) is 0 Å². The van der Waals surface area contributed by atoms with Gasteiger partial charge < -0.3 is 14.5 Å². The molecule has 1 aromatic heterocycles. The number of nitrogens with zero attached hydrogens (tertiary/aromatic N) is 1. The average Bonchev–Trinajstić information content (AvgIpc) is 3.15. The van der Waals surface area contributed by atoms with Crippen LogP contribution in [0.15, 0.2) is 64.2 Å². The molecule has 0 unspecified atom stereocenters. The number of nitrogens with one attached hydrogen (secondary N) is 1. The maximum atomic E-state index is 12.5. The Hall–Kier alpha value is -2.80. The molecule has 0 saturated carbocycles. The zero-order chi connectivity index (χ0) is 20.6. The first-order valence-electron chi connectivity index (χ1n) is 9.60. The minimum absolute atomic E-state index is 0.0154. The van der Waals surface area contributed by atoms with Gasteiger partial charge in [-0.05, 0) is 31.0 Å². The number of esters is 1. The molecule has 0 spiro atoms. The summed E-state index contributed by atoms with van der Waals surface area (Å²) in [6.07, 6.45) is 0.855. The molecule has 2 atom stereocenters. The van der Waals surface area contributed by atoms with Crippen LogP contribution in [0.4, 0.5) is 0 Å². The molecule has 152 valence electrons. The Kier molecular flexibility index (Phi) is 7.30. The number of rotatable bonds is 9. The lowest BCUT2D eigenvalue weighted by molar-refractivity contribution is -0.152. The van der Waals surface area contributed by atoms with Crippen molar-refractivity contribution in [3.63, 3.8) is 0 Å². The van der Waals surface area contributed by atoms with Crippen LogP contribution in [0.5, 0.6) is 0 Å². The van der Waals surface area contributed by atoms with Gasteiger partial charge in [0.15, 0.2) is 11.7 Å². The summed E-state index contributed by atoms with van der Waals surface area (Å²) in [6.45, 7) is 3.64. The molecule has 0 radical (unpaired) electrons. The van der Waals surface area contributed by atoms with Gasteiger partial charge in [-0.15, -0.1) is 0 Å². The molecular formula is C22H24N2O4S. The summed E-state index contributed by atoms with van der Waals surface area (Å²) in [6, 6.07) is 17.1. The number of hydrogen-bond donors (Lipinski definition) is 1. The highest BCUT2D eigenvalue weighted by Gasteiger charge is 2.22. The Morgan fingerprint density at radius 1 is 1.14 bits per heavy atom. The van der Waals surface area contributed by atoms with Crippen LogP contribution in [0.2, 0.25) is 0 Å². The first-order valence-corrected chi connectivity index (χ1v) is 10.6. The van der Waals surface area contributed by atoms with Crippen molar-refractivity contribution in [2.24, 2.45) is 0 Å². The third-order valence-electron chi connectivity index (χ3n) is 4.36. The minimum atomic E-state index is -0.880. The number of carbonyl (C=O) groups excluding carboxylic acids is 2. The highest BCUT2D eigenvalue weighted by Crippen LogP contribution is 2.23. The molecule has 1 amide bonds. The van der Waals surface area contributed by atoms with Gasteiger partial charge in [-0.25, -0.2) is 4.98 Å². The highest BCUT2D eigenvalue weighted by atomic mass is 32.2. The van der Waals surface area contributed by atoms with E-state index in [9.17, 15) is 9.59 Å². The fourth-order valence-corrected chi connectivity index (χ4v) is 3.52. The summed E-state index contributed by atoms with van der Waals surface area (Å²) in [5.41, 5.74) is 2.44. The smallest absolute Gasteiger partial charge is 0.317 e. The van der Waals surface area contributed by atoms with Crippen molar-refractivity contribution in [2.75, 3.05) is 5.75 Å². The first kappa shape index (κ1) is 20.9. The Labute approximate surface area is 174 Å². The average molecular weight is 413 g/mol. The summed E-state index contributed by atoms with van der Waals surface area (Å²) in [5, 5.41) is 3.37. The molecule has 0 aliphatic rings. The van der Waals surface area contributed by atoms with E-state index >= 15 is 0 Å². The number of amides is 1. The monoisotopic (exact) mass is 412 g/mol. The van der Waals surface area contributed by atoms with Crippen LogP contribution in [0.25, 0.3) is 11.1 Å². The predicted molar refractivity (Wildman–Crippen MR) is 113 cm³/mol. The number of para-hydroxylation sites is 2. The van der Waals surface area contributed by atoms with Gasteiger partial charge in [-0.2, -0.15) is 0 Å². The summed E-state index contributed by atoms with van der Waals surface area (Å²) in [7, 11) is 0. The lowest BCUT2D eigenvalue weighted by Gasteiger charge is -2.21. The molecule has 3 aromatic rings. The van der Waals surface area contributed by atoms with E-state index < -0.39 is 12.1 Å². The molecule has 1 N–H and O–H groups in total. The van der Waals surface area contributed by atoms with Crippen molar-refractivity contribution in [1.29, 1.82) is 0 Å². The van der Waals surface area contributed by atoms with E-state index in [-0.39, 0.29) is 17.7 Å². The summed E-state index contributed by atoms with van der Waals surface area (Å²) in [5.74, 6) is -0.791. The van der Waals surface area contributed by atoms with Crippen LogP contribution >= 0.6 is 11.8 Å². The number of aromatic nitrogens is 1. The molecule has 3 rings (SSSR count). The topological polar surface area (TPSA) is 81.4 Å². The minimum Gasteiger partial charge on any atom is -0.452 e. The maximum absolute atomic E-state index is 12.5. The second kappa shape index (κ2) is 10.1.